The molecule has 0 aromatic heterocycles. The summed E-state index contributed by atoms with van der Waals surface area (Å²) in [7, 11) is 2.25. The molecule has 0 saturated carbocycles. The van der Waals surface area contributed by atoms with Crippen molar-refractivity contribution in [2.75, 3.05) is 13.4 Å². The van der Waals surface area contributed by atoms with Gasteiger partial charge in [-0.1, -0.05) is 55.6 Å². The largest absolute Gasteiger partial charge is 0.371 e. The summed E-state index contributed by atoms with van der Waals surface area (Å²) >= 11 is 0. The quantitative estimate of drug-likeness (QED) is 0.420. The summed E-state index contributed by atoms with van der Waals surface area (Å²) in [4.78, 5) is 0. The van der Waals surface area contributed by atoms with Crippen LogP contribution in [0.5, 0.6) is 0 Å². The van der Waals surface area contributed by atoms with Gasteiger partial charge in [0.25, 0.3) is 0 Å². The van der Waals surface area contributed by atoms with Gasteiger partial charge in [0.15, 0.2) is 0 Å². The molecule has 1 radical (unpaired) electrons. The van der Waals surface area contributed by atoms with E-state index in [0.29, 0.717) is 12.4 Å². The van der Waals surface area contributed by atoms with Crippen molar-refractivity contribution in [3.8, 4) is 0 Å². The highest BCUT2D eigenvalue weighted by atomic mass is 16.6. The van der Waals surface area contributed by atoms with Gasteiger partial charge in [0, 0.05) is 6.61 Å². The lowest BCUT2D eigenvalue weighted by Gasteiger charge is -2.13. The molecule has 0 aliphatic heterocycles. The SMILES string of the molecule is CCC([B]CCOCO)c1ccccc1. The van der Waals surface area contributed by atoms with E-state index in [-0.39, 0.29) is 6.79 Å². The fraction of sp³-hybridized carbons (Fsp3) is 0.500. The maximum absolute atomic E-state index is 8.47. The van der Waals surface area contributed by atoms with E-state index in [4.69, 9.17) is 9.84 Å². The third-order valence-corrected chi connectivity index (χ3v) is 2.47. The van der Waals surface area contributed by atoms with Crippen LogP contribution in [0, 0.1) is 0 Å². The van der Waals surface area contributed by atoms with Crippen LogP contribution < -0.4 is 0 Å². The summed E-state index contributed by atoms with van der Waals surface area (Å²) in [5, 5.41) is 8.47. The Morgan fingerprint density at radius 1 is 1.33 bits per heavy atom. The molecule has 1 unspecified atom stereocenters. The normalized spacial score (nSPS) is 12.4. The van der Waals surface area contributed by atoms with Gasteiger partial charge in [0.2, 0.25) is 0 Å². The van der Waals surface area contributed by atoms with Crippen molar-refractivity contribution in [2.24, 2.45) is 0 Å². The number of hydrogen-bond acceptors (Lipinski definition) is 2. The topological polar surface area (TPSA) is 29.5 Å². The molecule has 1 atom stereocenters. The van der Waals surface area contributed by atoms with Crippen LogP contribution in [-0.4, -0.2) is 25.8 Å². The molecule has 0 aliphatic carbocycles. The summed E-state index contributed by atoms with van der Waals surface area (Å²) in [5.74, 6) is 0.494. The minimum atomic E-state index is -0.185. The third-order valence-electron chi connectivity index (χ3n) is 2.47. The Labute approximate surface area is 92.5 Å². The highest BCUT2D eigenvalue weighted by molar-refractivity contribution is 6.37. The first-order valence-corrected chi connectivity index (χ1v) is 5.45. The van der Waals surface area contributed by atoms with Crippen molar-refractivity contribution in [1.82, 2.24) is 0 Å². The van der Waals surface area contributed by atoms with Gasteiger partial charge in [-0.15, -0.1) is 0 Å². The van der Waals surface area contributed by atoms with E-state index in [0.717, 1.165) is 12.7 Å². The summed E-state index contributed by atoms with van der Waals surface area (Å²) < 4.78 is 4.89. The molecule has 1 N–H and O–H groups in total. The Balaban J connectivity index is 2.36. The van der Waals surface area contributed by atoms with Crippen molar-refractivity contribution in [3.63, 3.8) is 0 Å². The minimum Gasteiger partial charge on any atom is -0.371 e. The fourth-order valence-electron chi connectivity index (χ4n) is 1.66. The lowest BCUT2D eigenvalue weighted by Crippen LogP contribution is -2.09. The summed E-state index contributed by atoms with van der Waals surface area (Å²) in [5.41, 5.74) is 1.35. The summed E-state index contributed by atoms with van der Waals surface area (Å²) in [6, 6.07) is 10.5. The predicted octanol–water partition coefficient (Wildman–Crippen LogP) is 2.23. The van der Waals surface area contributed by atoms with Gasteiger partial charge in [-0.3, -0.25) is 0 Å². The second-order valence-corrected chi connectivity index (χ2v) is 3.49. The van der Waals surface area contributed by atoms with Crippen LogP contribution in [0.4, 0.5) is 0 Å². The average Bonchev–Trinajstić information content (AvgIpc) is 2.30. The highest BCUT2D eigenvalue weighted by Crippen LogP contribution is 2.18. The van der Waals surface area contributed by atoms with Gasteiger partial charge in [0.1, 0.15) is 14.1 Å². The van der Waals surface area contributed by atoms with Gasteiger partial charge >= 0.3 is 0 Å². The Bertz CT molecular complexity index is 251. The van der Waals surface area contributed by atoms with Crippen LogP contribution in [0.25, 0.3) is 0 Å². The van der Waals surface area contributed by atoms with Crippen LogP contribution in [-0.2, 0) is 4.74 Å². The zero-order valence-electron chi connectivity index (χ0n) is 9.23. The van der Waals surface area contributed by atoms with Gasteiger partial charge in [-0.2, -0.15) is 0 Å². The molecule has 81 valence electrons. The van der Waals surface area contributed by atoms with Crippen molar-refractivity contribution in [3.05, 3.63) is 35.9 Å². The molecule has 15 heavy (non-hydrogen) atoms. The van der Waals surface area contributed by atoms with Crippen LogP contribution in [0.3, 0.4) is 0 Å². The second-order valence-electron chi connectivity index (χ2n) is 3.49. The fourth-order valence-corrected chi connectivity index (χ4v) is 1.66. The Kier molecular flexibility index (Phi) is 6.13. The maximum Gasteiger partial charge on any atom is 0.143 e. The Hall–Kier alpha value is -0.795. The zero-order valence-corrected chi connectivity index (χ0v) is 9.23. The van der Waals surface area contributed by atoms with Crippen molar-refractivity contribution in [1.29, 1.82) is 0 Å². The Morgan fingerprint density at radius 2 is 2.07 bits per heavy atom. The van der Waals surface area contributed by atoms with Crippen molar-refractivity contribution >= 4 is 7.28 Å². The standard InChI is InChI=1S/C12H18BO2/c1-2-12(13-8-9-15-10-14)11-6-4-3-5-7-11/h3-7,12,14H,2,8-10H2,1H3. The molecule has 0 amide bonds. The first kappa shape index (κ1) is 12.3. The number of benzene rings is 1. The molecule has 1 aromatic rings. The zero-order chi connectivity index (χ0) is 10.9. The monoisotopic (exact) mass is 205 g/mol. The van der Waals surface area contributed by atoms with E-state index in [2.05, 4.69) is 38.5 Å². The van der Waals surface area contributed by atoms with Crippen LogP contribution in [0.15, 0.2) is 30.3 Å². The molecule has 0 fully saturated rings. The second kappa shape index (κ2) is 7.49. The molecule has 1 rings (SSSR count). The lowest BCUT2D eigenvalue weighted by atomic mass is 9.58. The number of rotatable bonds is 7. The lowest BCUT2D eigenvalue weighted by molar-refractivity contribution is 0.00535. The van der Waals surface area contributed by atoms with Crippen LogP contribution in [0.1, 0.15) is 24.7 Å². The first-order chi connectivity index (χ1) is 7.38. The molecule has 1 aromatic carbocycles. The van der Waals surface area contributed by atoms with Crippen LogP contribution in [0.2, 0.25) is 6.32 Å². The minimum absolute atomic E-state index is 0.185. The molecule has 0 heterocycles. The molecule has 0 saturated heterocycles. The molecule has 2 nitrogen and oxygen atoms in total. The van der Waals surface area contributed by atoms with E-state index >= 15 is 0 Å². The molecule has 0 aliphatic rings. The van der Waals surface area contributed by atoms with E-state index in [1.807, 2.05) is 6.07 Å². The molecule has 0 bridgehead atoms. The van der Waals surface area contributed by atoms with Crippen LogP contribution >= 0.6 is 0 Å². The molecular formula is C12H18BO2. The molecular weight excluding hydrogens is 187 g/mol. The van der Waals surface area contributed by atoms with Gasteiger partial charge in [0.05, 0.1) is 0 Å². The van der Waals surface area contributed by atoms with Gasteiger partial charge in [-0.05, 0) is 5.82 Å². The Morgan fingerprint density at radius 3 is 2.67 bits per heavy atom. The molecule has 0 spiro atoms. The van der Waals surface area contributed by atoms with Crippen molar-refractivity contribution < 1.29 is 9.84 Å². The highest BCUT2D eigenvalue weighted by Gasteiger charge is 2.09. The number of aliphatic hydroxyl groups excluding tert-OH is 1. The van der Waals surface area contributed by atoms with E-state index in [9.17, 15) is 0 Å². The van der Waals surface area contributed by atoms with Gasteiger partial charge < -0.3 is 9.84 Å². The first-order valence-electron chi connectivity index (χ1n) is 5.45. The predicted molar refractivity (Wildman–Crippen MR) is 63.1 cm³/mol. The maximum atomic E-state index is 8.47. The van der Waals surface area contributed by atoms with Crippen molar-refractivity contribution in [2.45, 2.75) is 25.5 Å². The average molecular weight is 205 g/mol. The van der Waals surface area contributed by atoms with E-state index in [1.54, 1.807) is 0 Å². The number of ether oxygens (including phenoxy) is 1. The number of aliphatic hydroxyl groups is 1. The smallest absolute Gasteiger partial charge is 0.143 e. The third kappa shape index (κ3) is 4.49. The van der Waals surface area contributed by atoms with E-state index < -0.39 is 0 Å². The summed E-state index contributed by atoms with van der Waals surface area (Å²) in [6.45, 7) is 2.59. The van der Waals surface area contributed by atoms with E-state index in [1.165, 1.54) is 5.56 Å². The number of hydrogen-bond donors (Lipinski definition) is 1. The summed E-state index contributed by atoms with van der Waals surface area (Å²) in [6.07, 6.45) is 1.98. The molecule has 3 heteroatoms. The van der Waals surface area contributed by atoms with Gasteiger partial charge in [-0.25, -0.2) is 0 Å².